The van der Waals surface area contributed by atoms with Gasteiger partial charge in [-0.25, -0.2) is 4.79 Å². The van der Waals surface area contributed by atoms with Gasteiger partial charge in [-0.15, -0.1) is 0 Å². The average molecular weight is 472 g/mol. The molecule has 4 N–H and O–H groups in total. The SMILES string of the molecule is CCCCC(O)[C@H](CC(C)C)NC(=O)C(NC(=O)C(NC(=O)OC(C)(C)C)C(C)C)C(C)C. The zero-order valence-corrected chi connectivity index (χ0v) is 22.5. The number of carbonyl (C=O) groups is 3. The number of alkyl carbamates (subject to hydrolysis) is 1. The van der Waals surface area contributed by atoms with Crippen LogP contribution in [0, 0.1) is 17.8 Å². The molecular weight excluding hydrogens is 422 g/mol. The standard InChI is InChI=1S/C25H49N3O5/c1-11-12-13-19(29)18(14-15(2)3)26-22(30)20(16(4)5)27-23(31)21(17(6)7)28-24(32)33-25(8,9)10/h15-21,29H,11-14H2,1-10H3,(H,26,30)(H,27,31)(H,28,32)/t18-,19?,20?,21?/m0/s1. The highest BCUT2D eigenvalue weighted by Gasteiger charge is 2.33. The number of carbonyl (C=O) groups excluding carboxylic acids is 3. The number of aliphatic hydroxyl groups is 1. The van der Waals surface area contributed by atoms with Gasteiger partial charge in [0.2, 0.25) is 11.8 Å². The third-order valence-electron chi connectivity index (χ3n) is 5.24. The number of ether oxygens (including phenoxy) is 1. The van der Waals surface area contributed by atoms with Crippen LogP contribution >= 0.6 is 0 Å². The Hall–Kier alpha value is -1.83. The van der Waals surface area contributed by atoms with E-state index < -0.39 is 35.8 Å². The van der Waals surface area contributed by atoms with E-state index in [1.807, 2.05) is 41.5 Å². The Morgan fingerprint density at radius 2 is 1.33 bits per heavy atom. The van der Waals surface area contributed by atoms with Crippen molar-refractivity contribution >= 4 is 17.9 Å². The number of rotatable bonds is 13. The molecule has 0 aliphatic rings. The molecule has 0 aromatic rings. The van der Waals surface area contributed by atoms with Crippen LogP contribution in [0.25, 0.3) is 0 Å². The first kappa shape index (κ1) is 31.2. The summed E-state index contributed by atoms with van der Waals surface area (Å²) in [4.78, 5) is 38.4. The lowest BCUT2D eigenvalue weighted by Crippen LogP contribution is -2.59. The van der Waals surface area contributed by atoms with Crippen molar-refractivity contribution in [1.29, 1.82) is 0 Å². The smallest absolute Gasteiger partial charge is 0.408 e. The minimum absolute atomic E-state index is 0.184. The molecule has 0 aliphatic carbocycles. The first-order valence-electron chi connectivity index (χ1n) is 12.4. The molecule has 194 valence electrons. The second-order valence-electron chi connectivity index (χ2n) is 11.1. The molecule has 0 fully saturated rings. The number of amides is 3. The van der Waals surface area contributed by atoms with E-state index in [2.05, 4.69) is 22.9 Å². The van der Waals surface area contributed by atoms with Crippen molar-refractivity contribution in [3.05, 3.63) is 0 Å². The molecule has 0 aliphatic heterocycles. The third-order valence-corrected chi connectivity index (χ3v) is 5.24. The molecule has 0 rings (SSSR count). The van der Waals surface area contributed by atoms with E-state index in [1.54, 1.807) is 20.8 Å². The fraction of sp³-hybridized carbons (Fsp3) is 0.880. The Morgan fingerprint density at radius 3 is 1.76 bits per heavy atom. The van der Waals surface area contributed by atoms with Gasteiger partial charge in [-0.05, 0) is 51.4 Å². The monoisotopic (exact) mass is 471 g/mol. The first-order chi connectivity index (χ1) is 15.1. The lowest BCUT2D eigenvalue weighted by atomic mass is 9.94. The molecule has 0 aromatic carbocycles. The Morgan fingerprint density at radius 1 is 0.848 bits per heavy atom. The van der Waals surface area contributed by atoms with Crippen molar-refractivity contribution in [3.63, 3.8) is 0 Å². The maximum atomic E-state index is 13.1. The Balaban J connectivity index is 5.41. The van der Waals surface area contributed by atoms with Crippen LogP contribution in [0.1, 0.15) is 94.9 Å². The van der Waals surface area contributed by atoms with E-state index >= 15 is 0 Å². The summed E-state index contributed by atoms with van der Waals surface area (Å²) >= 11 is 0. The summed E-state index contributed by atoms with van der Waals surface area (Å²) in [6.07, 6.45) is 1.77. The Kier molecular flexibility index (Phi) is 13.6. The molecule has 0 heterocycles. The van der Waals surface area contributed by atoms with Crippen LogP contribution in [0.4, 0.5) is 4.79 Å². The van der Waals surface area contributed by atoms with Gasteiger partial charge in [0.05, 0.1) is 12.1 Å². The second-order valence-corrected chi connectivity index (χ2v) is 11.1. The van der Waals surface area contributed by atoms with Gasteiger partial charge in [0.1, 0.15) is 17.7 Å². The van der Waals surface area contributed by atoms with E-state index in [0.29, 0.717) is 18.8 Å². The van der Waals surface area contributed by atoms with Gasteiger partial charge >= 0.3 is 6.09 Å². The highest BCUT2D eigenvalue weighted by Crippen LogP contribution is 2.15. The molecule has 0 spiro atoms. The molecule has 3 amide bonds. The molecule has 0 bridgehead atoms. The summed E-state index contributed by atoms with van der Waals surface area (Å²) in [5.74, 6) is -0.883. The fourth-order valence-corrected chi connectivity index (χ4v) is 3.45. The van der Waals surface area contributed by atoms with Crippen LogP contribution in [-0.2, 0) is 14.3 Å². The zero-order valence-electron chi connectivity index (χ0n) is 22.5. The molecule has 8 heteroatoms. The topological polar surface area (TPSA) is 117 Å². The molecule has 0 saturated carbocycles. The van der Waals surface area contributed by atoms with Crippen molar-refractivity contribution in [2.45, 2.75) is 125 Å². The normalized spacial score (nSPS) is 15.7. The van der Waals surface area contributed by atoms with E-state index in [4.69, 9.17) is 4.74 Å². The van der Waals surface area contributed by atoms with Crippen molar-refractivity contribution in [3.8, 4) is 0 Å². The highest BCUT2D eigenvalue weighted by molar-refractivity contribution is 5.91. The molecule has 3 unspecified atom stereocenters. The van der Waals surface area contributed by atoms with Gasteiger partial charge in [0.15, 0.2) is 0 Å². The largest absolute Gasteiger partial charge is 0.444 e. The quantitative estimate of drug-likeness (QED) is 0.326. The second kappa shape index (κ2) is 14.4. The lowest BCUT2D eigenvalue weighted by Gasteiger charge is -2.31. The first-order valence-corrected chi connectivity index (χ1v) is 12.4. The van der Waals surface area contributed by atoms with Crippen LogP contribution < -0.4 is 16.0 Å². The van der Waals surface area contributed by atoms with Crippen molar-refractivity contribution in [2.75, 3.05) is 0 Å². The fourth-order valence-electron chi connectivity index (χ4n) is 3.45. The Labute approximate surface area is 201 Å². The van der Waals surface area contributed by atoms with Crippen LogP contribution in [0.2, 0.25) is 0 Å². The van der Waals surface area contributed by atoms with E-state index in [9.17, 15) is 19.5 Å². The number of hydrogen-bond acceptors (Lipinski definition) is 5. The summed E-state index contributed by atoms with van der Waals surface area (Å²) in [7, 11) is 0. The molecule has 0 aromatic heterocycles. The minimum Gasteiger partial charge on any atom is -0.444 e. The van der Waals surface area contributed by atoms with Crippen molar-refractivity contribution in [2.24, 2.45) is 17.8 Å². The summed E-state index contributed by atoms with van der Waals surface area (Å²) in [6, 6.07) is -2.04. The zero-order chi connectivity index (χ0) is 25.9. The minimum atomic E-state index is -0.851. The summed E-state index contributed by atoms with van der Waals surface area (Å²) in [5, 5.41) is 19.0. The van der Waals surface area contributed by atoms with Crippen LogP contribution in [0.5, 0.6) is 0 Å². The van der Waals surface area contributed by atoms with Gasteiger partial charge in [0, 0.05) is 0 Å². The molecule has 33 heavy (non-hydrogen) atoms. The predicted octanol–water partition coefficient (Wildman–Crippen LogP) is 3.76. The Bertz CT molecular complexity index is 614. The lowest BCUT2D eigenvalue weighted by molar-refractivity contribution is -0.132. The number of nitrogens with one attached hydrogen (secondary N) is 3. The molecular formula is C25H49N3O5. The molecule has 0 saturated heterocycles. The van der Waals surface area contributed by atoms with Crippen molar-refractivity contribution in [1.82, 2.24) is 16.0 Å². The maximum Gasteiger partial charge on any atom is 0.408 e. The summed E-state index contributed by atoms with van der Waals surface area (Å²) in [6.45, 7) is 18.7. The van der Waals surface area contributed by atoms with Gasteiger partial charge < -0.3 is 25.8 Å². The predicted molar refractivity (Wildman–Crippen MR) is 132 cm³/mol. The number of unbranched alkanes of at least 4 members (excludes halogenated alkanes) is 1. The van der Waals surface area contributed by atoms with E-state index in [0.717, 1.165) is 12.8 Å². The summed E-state index contributed by atoms with van der Waals surface area (Å²) in [5.41, 5.74) is -0.688. The maximum absolute atomic E-state index is 13.1. The summed E-state index contributed by atoms with van der Waals surface area (Å²) < 4.78 is 5.28. The van der Waals surface area contributed by atoms with Crippen LogP contribution in [0.3, 0.4) is 0 Å². The molecule has 4 atom stereocenters. The average Bonchev–Trinajstić information content (AvgIpc) is 2.65. The third kappa shape index (κ3) is 12.8. The van der Waals surface area contributed by atoms with Gasteiger partial charge in [-0.3, -0.25) is 9.59 Å². The number of hydrogen-bond donors (Lipinski definition) is 4. The van der Waals surface area contributed by atoms with Gasteiger partial charge in [0.25, 0.3) is 0 Å². The van der Waals surface area contributed by atoms with Crippen molar-refractivity contribution < 1.29 is 24.2 Å². The van der Waals surface area contributed by atoms with E-state index in [1.165, 1.54) is 0 Å². The van der Waals surface area contributed by atoms with Gasteiger partial charge in [-0.2, -0.15) is 0 Å². The highest BCUT2D eigenvalue weighted by atomic mass is 16.6. The molecule has 8 nitrogen and oxygen atoms in total. The van der Waals surface area contributed by atoms with Gasteiger partial charge in [-0.1, -0.05) is 61.3 Å². The van der Waals surface area contributed by atoms with Crippen LogP contribution in [-0.4, -0.2) is 52.8 Å². The molecule has 0 radical (unpaired) electrons. The number of aliphatic hydroxyl groups excluding tert-OH is 1. The van der Waals surface area contributed by atoms with Crippen LogP contribution in [0.15, 0.2) is 0 Å². The van der Waals surface area contributed by atoms with E-state index in [-0.39, 0.29) is 23.8 Å².